The molecule has 0 radical (unpaired) electrons. The first-order valence-corrected chi connectivity index (χ1v) is 6.03. The lowest BCUT2D eigenvalue weighted by Gasteiger charge is -2.31. The summed E-state index contributed by atoms with van der Waals surface area (Å²) in [7, 11) is 0. The Balaban J connectivity index is 1.66. The summed E-state index contributed by atoms with van der Waals surface area (Å²) in [5.41, 5.74) is 3.47. The first-order chi connectivity index (χ1) is 8.75. The molecule has 1 saturated carbocycles. The van der Waals surface area contributed by atoms with Gasteiger partial charge in [-0.05, 0) is 30.9 Å². The van der Waals surface area contributed by atoms with Crippen LogP contribution in [-0.2, 0) is 0 Å². The lowest BCUT2D eigenvalue weighted by molar-refractivity contribution is 0.0950. The molecule has 1 amide bonds. The number of rotatable bonds is 2. The highest BCUT2D eigenvalue weighted by Crippen LogP contribution is 2.40. The van der Waals surface area contributed by atoms with Gasteiger partial charge in [-0.25, -0.2) is 9.82 Å². The van der Waals surface area contributed by atoms with E-state index in [1.807, 2.05) is 0 Å². The molecule has 0 aromatic heterocycles. The van der Waals surface area contributed by atoms with E-state index in [1.54, 1.807) is 12.1 Å². The highest BCUT2D eigenvalue weighted by molar-refractivity contribution is 5.98. The molecule has 3 rings (SSSR count). The third-order valence-corrected chi connectivity index (χ3v) is 3.58. The van der Waals surface area contributed by atoms with Crippen molar-refractivity contribution in [3.8, 4) is 0 Å². The molecule has 2 aliphatic rings. The molecule has 0 spiro atoms. The van der Waals surface area contributed by atoms with Crippen molar-refractivity contribution in [3.05, 3.63) is 47.8 Å². The second kappa shape index (κ2) is 4.37. The first-order valence-electron chi connectivity index (χ1n) is 6.03. The molecule has 4 heteroatoms. The van der Waals surface area contributed by atoms with E-state index in [4.69, 9.17) is 0 Å². The second-order valence-corrected chi connectivity index (χ2v) is 4.66. The van der Waals surface area contributed by atoms with E-state index >= 15 is 0 Å². The third-order valence-electron chi connectivity index (χ3n) is 3.58. The Labute approximate surface area is 104 Å². The highest BCUT2D eigenvalue weighted by Gasteiger charge is 2.38. The third kappa shape index (κ3) is 1.83. The van der Waals surface area contributed by atoms with Crippen LogP contribution in [0.2, 0.25) is 0 Å². The summed E-state index contributed by atoms with van der Waals surface area (Å²) in [5.74, 6) is 0.0271. The average molecular weight is 244 g/mol. The lowest BCUT2D eigenvalue weighted by Crippen LogP contribution is -2.35. The smallest absolute Gasteiger partial charge is 0.267 e. The molecule has 2 atom stereocenters. The summed E-state index contributed by atoms with van der Waals surface area (Å²) >= 11 is 0. The normalized spacial score (nSPS) is 26.8. The molecule has 0 heterocycles. The van der Waals surface area contributed by atoms with E-state index in [0.29, 0.717) is 11.8 Å². The summed E-state index contributed by atoms with van der Waals surface area (Å²) in [5, 5.41) is 4.10. The maximum absolute atomic E-state index is 13.4. The zero-order chi connectivity index (χ0) is 12.5. The van der Waals surface area contributed by atoms with Crippen LogP contribution in [0.5, 0.6) is 0 Å². The van der Waals surface area contributed by atoms with Crippen molar-refractivity contribution in [2.45, 2.75) is 12.8 Å². The van der Waals surface area contributed by atoms with Crippen molar-refractivity contribution in [2.24, 2.45) is 16.9 Å². The number of hydrazone groups is 1. The molecule has 1 aromatic carbocycles. The van der Waals surface area contributed by atoms with Crippen molar-refractivity contribution in [1.29, 1.82) is 0 Å². The summed E-state index contributed by atoms with van der Waals surface area (Å²) in [6.07, 6.45) is 6.25. The fourth-order valence-corrected chi connectivity index (χ4v) is 2.49. The minimum absolute atomic E-state index is 0.0299. The zero-order valence-electron chi connectivity index (χ0n) is 9.77. The van der Waals surface area contributed by atoms with Gasteiger partial charge in [0.1, 0.15) is 5.82 Å². The number of allylic oxidation sites excluding steroid dienone is 2. The van der Waals surface area contributed by atoms with Gasteiger partial charge in [-0.1, -0.05) is 24.3 Å². The van der Waals surface area contributed by atoms with Gasteiger partial charge in [-0.2, -0.15) is 5.10 Å². The van der Waals surface area contributed by atoms with Crippen LogP contribution in [0.25, 0.3) is 0 Å². The van der Waals surface area contributed by atoms with Gasteiger partial charge in [0.05, 0.1) is 5.56 Å². The number of benzene rings is 1. The number of carbonyl (C=O) groups excluding carboxylic acids is 1. The van der Waals surface area contributed by atoms with Crippen LogP contribution in [0.3, 0.4) is 0 Å². The van der Waals surface area contributed by atoms with Crippen LogP contribution in [0.15, 0.2) is 41.5 Å². The van der Waals surface area contributed by atoms with Crippen LogP contribution in [0, 0.1) is 17.7 Å². The van der Waals surface area contributed by atoms with Gasteiger partial charge in [0.25, 0.3) is 5.91 Å². The van der Waals surface area contributed by atoms with Crippen molar-refractivity contribution < 1.29 is 9.18 Å². The van der Waals surface area contributed by atoms with Crippen LogP contribution < -0.4 is 5.43 Å². The summed E-state index contributed by atoms with van der Waals surface area (Å²) in [6, 6.07) is 5.90. The largest absolute Gasteiger partial charge is 0.274 e. The Hall–Kier alpha value is -1.97. The summed E-state index contributed by atoms with van der Waals surface area (Å²) < 4.78 is 13.4. The number of halogens is 1. The molecule has 1 aromatic rings. The van der Waals surface area contributed by atoms with Gasteiger partial charge in [0.2, 0.25) is 0 Å². The van der Waals surface area contributed by atoms with E-state index in [9.17, 15) is 9.18 Å². The van der Waals surface area contributed by atoms with Gasteiger partial charge in [0.15, 0.2) is 0 Å². The van der Waals surface area contributed by atoms with Gasteiger partial charge < -0.3 is 0 Å². The quantitative estimate of drug-likeness (QED) is 0.630. The van der Waals surface area contributed by atoms with E-state index in [0.717, 1.165) is 18.6 Å². The lowest BCUT2D eigenvalue weighted by atomic mass is 9.74. The average Bonchev–Trinajstić information content (AvgIpc) is 2.71. The Morgan fingerprint density at radius 1 is 1.39 bits per heavy atom. The Morgan fingerprint density at radius 2 is 2.22 bits per heavy atom. The van der Waals surface area contributed by atoms with Crippen molar-refractivity contribution in [1.82, 2.24) is 5.43 Å². The molecule has 92 valence electrons. The molecule has 0 saturated heterocycles. The van der Waals surface area contributed by atoms with Crippen LogP contribution in [0.4, 0.5) is 4.39 Å². The second-order valence-electron chi connectivity index (χ2n) is 4.66. The molecule has 2 unspecified atom stereocenters. The van der Waals surface area contributed by atoms with Gasteiger partial charge in [-0.15, -0.1) is 0 Å². The predicted molar refractivity (Wildman–Crippen MR) is 66.7 cm³/mol. The van der Waals surface area contributed by atoms with E-state index in [2.05, 4.69) is 22.7 Å². The number of nitrogens with one attached hydrogen (secondary N) is 1. The molecule has 3 nitrogen and oxygen atoms in total. The molecule has 0 bridgehead atoms. The standard InChI is InChI=1S/C14H13FN2O/c15-12-7-2-1-5-11(12)14(18)17-16-13-8-9-4-3-6-10(9)13/h1-5,7,9-10H,6,8H2,(H,17,18)/b16-13-. The minimum Gasteiger partial charge on any atom is -0.267 e. The Kier molecular flexibility index (Phi) is 2.70. The monoisotopic (exact) mass is 244 g/mol. The molecular formula is C14H13FN2O. The number of amides is 1. The first kappa shape index (κ1) is 11.1. The number of carbonyl (C=O) groups is 1. The summed E-state index contributed by atoms with van der Waals surface area (Å²) in [6.45, 7) is 0. The number of fused-ring (bicyclic) bond motifs is 1. The maximum atomic E-state index is 13.4. The molecule has 18 heavy (non-hydrogen) atoms. The fraction of sp³-hybridized carbons (Fsp3) is 0.286. The van der Waals surface area contributed by atoms with Gasteiger partial charge >= 0.3 is 0 Å². The highest BCUT2D eigenvalue weighted by atomic mass is 19.1. The Morgan fingerprint density at radius 3 is 3.00 bits per heavy atom. The number of hydrogen-bond donors (Lipinski definition) is 1. The molecule has 2 aliphatic carbocycles. The van der Waals surface area contributed by atoms with Crippen LogP contribution in [0.1, 0.15) is 23.2 Å². The summed E-state index contributed by atoms with van der Waals surface area (Å²) in [4.78, 5) is 11.7. The predicted octanol–water partition coefficient (Wildman–Crippen LogP) is 2.51. The number of hydrogen-bond acceptors (Lipinski definition) is 2. The van der Waals surface area contributed by atoms with Crippen molar-refractivity contribution in [2.75, 3.05) is 0 Å². The molecule has 1 fully saturated rings. The van der Waals surface area contributed by atoms with E-state index < -0.39 is 11.7 Å². The van der Waals surface area contributed by atoms with Crippen LogP contribution in [-0.4, -0.2) is 11.6 Å². The van der Waals surface area contributed by atoms with Gasteiger partial charge in [0, 0.05) is 11.6 Å². The SMILES string of the molecule is O=C(N/N=C1/CC2C=CCC12)c1ccccc1F. The number of nitrogens with zero attached hydrogens (tertiary/aromatic N) is 1. The molecule has 0 aliphatic heterocycles. The maximum Gasteiger partial charge on any atom is 0.274 e. The van der Waals surface area contributed by atoms with E-state index in [-0.39, 0.29) is 5.56 Å². The molecule has 1 N–H and O–H groups in total. The van der Waals surface area contributed by atoms with Crippen LogP contribution >= 0.6 is 0 Å². The Bertz CT molecular complexity index is 550. The van der Waals surface area contributed by atoms with Gasteiger partial charge in [-0.3, -0.25) is 4.79 Å². The minimum atomic E-state index is -0.524. The van der Waals surface area contributed by atoms with Crippen molar-refractivity contribution in [3.63, 3.8) is 0 Å². The van der Waals surface area contributed by atoms with E-state index in [1.165, 1.54) is 12.1 Å². The topological polar surface area (TPSA) is 41.5 Å². The zero-order valence-corrected chi connectivity index (χ0v) is 9.77. The van der Waals surface area contributed by atoms with Crippen molar-refractivity contribution >= 4 is 11.6 Å². The molecular weight excluding hydrogens is 231 g/mol. The fourth-order valence-electron chi connectivity index (χ4n) is 2.49.